The number of rotatable bonds is 4. The van der Waals surface area contributed by atoms with Crippen molar-refractivity contribution in [3.05, 3.63) is 24.0 Å². The van der Waals surface area contributed by atoms with Crippen LogP contribution in [0.2, 0.25) is 0 Å². The number of aromatic nitrogens is 1. The largest absolute Gasteiger partial charge is 0.494 e. The van der Waals surface area contributed by atoms with Gasteiger partial charge in [-0.25, -0.2) is 0 Å². The lowest BCUT2D eigenvalue weighted by Gasteiger charge is -2.24. The van der Waals surface area contributed by atoms with Crippen LogP contribution in [0.15, 0.2) is 18.5 Å². The van der Waals surface area contributed by atoms with Gasteiger partial charge < -0.3 is 9.64 Å². The van der Waals surface area contributed by atoms with Crippen molar-refractivity contribution in [2.75, 3.05) is 13.7 Å². The molecule has 17 heavy (non-hydrogen) atoms. The number of methoxy groups -OCH3 is 1. The Balaban J connectivity index is 3.06. The van der Waals surface area contributed by atoms with Gasteiger partial charge in [0.1, 0.15) is 12.3 Å². The zero-order valence-corrected chi connectivity index (χ0v) is 10.2. The minimum absolute atomic E-state index is 0.0416. The van der Waals surface area contributed by atoms with Crippen LogP contribution in [0.1, 0.15) is 24.2 Å². The highest BCUT2D eigenvalue weighted by molar-refractivity contribution is 5.97. The van der Waals surface area contributed by atoms with E-state index in [2.05, 4.69) is 4.98 Å². The molecule has 0 saturated heterocycles. The lowest BCUT2D eigenvalue weighted by molar-refractivity contribution is 0.0728. The summed E-state index contributed by atoms with van der Waals surface area (Å²) in [6, 6.07) is 3.54. The molecule has 0 spiro atoms. The lowest BCUT2D eigenvalue weighted by Crippen LogP contribution is -2.37. The van der Waals surface area contributed by atoms with E-state index in [9.17, 15) is 4.79 Å². The molecule has 1 aromatic rings. The highest BCUT2D eigenvalue weighted by Crippen LogP contribution is 2.18. The molecule has 0 aliphatic carbocycles. The Hall–Kier alpha value is -2.09. The van der Waals surface area contributed by atoms with E-state index in [-0.39, 0.29) is 18.5 Å². The average molecular weight is 233 g/mol. The van der Waals surface area contributed by atoms with Crippen LogP contribution in [0.25, 0.3) is 0 Å². The van der Waals surface area contributed by atoms with Crippen molar-refractivity contribution in [1.29, 1.82) is 5.26 Å². The summed E-state index contributed by atoms with van der Waals surface area (Å²) < 4.78 is 5.08. The highest BCUT2D eigenvalue weighted by atomic mass is 16.5. The van der Waals surface area contributed by atoms with Crippen LogP contribution in [0.3, 0.4) is 0 Å². The molecular weight excluding hydrogens is 218 g/mol. The Morgan fingerprint density at radius 1 is 1.65 bits per heavy atom. The minimum Gasteiger partial charge on any atom is -0.494 e. The van der Waals surface area contributed by atoms with Gasteiger partial charge >= 0.3 is 0 Å². The molecule has 1 heterocycles. The van der Waals surface area contributed by atoms with E-state index < -0.39 is 0 Å². The van der Waals surface area contributed by atoms with Crippen LogP contribution in [-0.2, 0) is 0 Å². The van der Waals surface area contributed by atoms with Gasteiger partial charge in [-0.05, 0) is 19.9 Å². The summed E-state index contributed by atoms with van der Waals surface area (Å²) in [4.78, 5) is 17.6. The highest BCUT2D eigenvalue weighted by Gasteiger charge is 2.21. The second-order valence-electron chi connectivity index (χ2n) is 3.76. The first kappa shape index (κ1) is 13.0. The van der Waals surface area contributed by atoms with E-state index in [1.807, 2.05) is 19.9 Å². The molecule has 0 unspecified atom stereocenters. The number of hydrogen-bond acceptors (Lipinski definition) is 4. The molecule has 1 rings (SSSR count). The van der Waals surface area contributed by atoms with Crippen molar-refractivity contribution in [2.24, 2.45) is 0 Å². The molecule has 1 aromatic heterocycles. The Kier molecular flexibility index (Phi) is 4.46. The van der Waals surface area contributed by atoms with Crippen LogP contribution in [0.5, 0.6) is 5.75 Å². The predicted molar refractivity (Wildman–Crippen MR) is 62.6 cm³/mol. The number of pyridine rings is 1. The van der Waals surface area contributed by atoms with Crippen LogP contribution in [0.4, 0.5) is 0 Å². The lowest BCUT2D eigenvalue weighted by atomic mass is 10.2. The standard InChI is InChI=1S/C12H15N3O2/c1-9(2)15(7-5-13)12(16)10-4-6-14-8-11(10)17-3/h4,6,8-9H,7H2,1-3H3. The second kappa shape index (κ2) is 5.85. The summed E-state index contributed by atoms with van der Waals surface area (Å²) in [6.45, 7) is 3.79. The molecule has 1 amide bonds. The summed E-state index contributed by atoms with van der Waals surface area (Å²) in [5, 5.41) is 8.72. The second-order valence-corrected chi connectivity index (χ2v) is 3.76. The van der Waals surface area contributed by atoms with Crippen molar-refractivity contribution in [3.63, 3.8) is 0 Å². The Morgan fingerprint density at radius 3 is 2.88 bits per heavy atom. The number of carbonyl (C=O) groups excluding carboxylic acids is 1. The van der Waals surface area contributed by atoms with Crippen molar-refractivity contribution in [2.45, 2.75) is 19.9 Å². The normalized spacial score (nSPS) is 9.82. The Labute approximate surface area is 101 Å². The number of hydrogen-bond donors (Lipinski definition) is 0. The smallest absolute Gasteiger partial charge is 0.258 e. The van der Waals surface area contributed by atoms with E-state index >= 15 is 0 Å². The summed E-state index contributed by atoms with van der Waals surface area (Å²) in [5.41, 5.74) is 0.423. The monoisotopic (exact) mass is 233 g/mol. The van der Waals surface area contributed by atoms with Gasteiger partial charge in [-0.15, -0.1) is 0 Å². The molecular formula is C12H15N3O2. The molecule has 0 aliphatic rings. The third-order valence-corrected chi connectivity index (χ3v) is 2.36. The average Bonchev–Trinajstić information content (AvgIpc) is 2.34. The molecule has 90 valence electrons. The quantitative estimate of drug-likeness (QED) is 0.738. The molecule has 0 aliphatic heterocycles. The zero-order valence-electron chi connectivity index (χ0n) is 10.2. The van der Waals surface area contributed by atoms with Gasteiger partial charge in [0.2, 0.25) is 0 Å². The van der Waals surface area contributed by atoms with E-state index in [1.165, 1.54) is 24.4 Å². The van der Waals surface area contributed by atoms with Gasteiger partial charge in [0.25, 0.3) is 5.91 Å². The fourth-order valence-electron chi connectivity index (χ4n) is 1.44. The fraction of sp³-hybridized carbons (Fsp3) is 0.417. The topological polar surface area (TPSA) is 66.2 Å². The van der Waals surface area contributed by atoms with Crippen molar-refractivity contribution >= 4 is 5.91 Å². The van der Waals surface area contributed by atoms with Crippen LogP contribution in [0, 0.1) is 11.3 Å². The Bertz CT molecular complexity index is 438. The third kappa shape index (κ3) is 2.94. The first-order valence-corrected chi connectivity index (χ1v) is 5.27. The number of ether oxygens (including phenoxy) is 1. The minimum atomic E-state index is -0.221. The van der Waals surface area contributed by atoms with Gasteiger partial charge in [-0.2, -0.15) is 5.26 Å². The number of amides is 1. The molecule has 5 heteroatoms. The summed E-state index contributed by atoms with van der Waals surface area (Å²) in [6.07, 6.45) is 3.01. The number of nitriles is 1. The van der Waals surface area contributed by atoms with Crippen molar-refractivity contribution in [3.8, 4) is 11.8 Å². The summed E-state index contributed by atoms with van der Waals surface area (Å²) in [7, 11) is 1.48. The van der Waals surface area contributed by atoms with Crippen molar-refractivity contribution in [1.82, 2.24) is 9.88 Å². The van der Waals surface area contributed by atoms with Crippen LogP contribution in [-0.4, -0.2) is 35.5 Å². The maximum atomic E-state index is 12.2. The zero-order chi connectivity index (χ0) is 12.8. The first-order chi connectivity index (χ1) is 8.11. The summed E-state index contributed by atoms with van der Waals surface area (Å²) >= 11 is 0. The number of carbonyl (C=O) groups is 1. The van der Waals surface area contributed by atoms with Gasteiger partial charge in [0, 0.05) is 12.2 Å². The molecule has 0 saturated carbocycles. The predicted octanol–water partition coefficient (Wildman–Crippen LogP) is 1.46. The Morgan fingerprint density at radius 2 is 2.35 bits per heavy atom. The molecule has 0 bridgehead atoms. The van der Waals surface area contributed by atoms with E-state index in [4.69, 9.17) is 10.00 Å². The molecule has 0 atom stereocenters. The molecule has 0 fully saturated rings. The maximum absolute atomic E-state index is 12.2. The maximum Gasteiger partial charge on any atom is 0.258 e. The van der Waals surface area contributed by atoms with Crippen molar-refractivity contribution < 1.29 is 9.53 Å². The summed E-state index contributed by atoms with van der Waals surface area (Å²) in [5.74, 6) is 0.196. The number of nitrogens with zero attached hydrogens (tertiary/aromatic N) is 3. The van der Waals surface area contributed by atoms with Gasteiger partial charge in [-0.3, -0.25) is 9.78 Å². The third-order valence-electron chi connectivity index (χ3n) is 2.36. The van der Waals surface area contributed by atoms with Gasteiger partial charge in [0.15, 0.2) is 0 Å². The van der Waals surface area contributed by atoms with Crippen LogP contribution < -0.4 is 4.74 Å². The SMILES string of the molecule is COc1cnccc1C(=O)N(CC#N)C(C)C. The van der Waals surface area contributed by atoms with Crippen LogP contribution >= 0.6 is 0 Å². The van der Waals surface area contributed by atoms with E-state index in [1.54, 1.807) is 6.07 Å². The molecule has 0 N–H and O–H groups in total. The van der Waals surface area contributed by atoms with E-state index in [0.29, 0.717) is 11.3 Å². The fourth-order valence-corrected chi connectivity index (χ4v) is 1.44. The van der Waals surface area contributed by atoms with Gasteiger partial charge in [-0.1, -0.05) is 0 Å². The molecule has 0 aromatic carbocycles. The first-order valence-electron chi connectivity index (χ1n) is 5.27. The van der Waals surface area contributed by atoms with Gasteiger partial charge in [0.05, 0.1) is 24.9 Å². The molecule has 5 nitrogen and oxygen atoms in total. The molecule has 0 radical (unpaired) electrons. The van der Waals surface area contributed by atoms with E-state index in [0.717, 1.165) is 0 Å².